The van der Waals surface area contributed by atoms with Gasteiger partial charge in [-0.15, -0.1) is 0 Å². The largest absolute Gasteiger partial charge is 0.389 e. The number of aldehydes is 1. The Morgan fingerprint density at radius 2 is 2.13 bits per heavy atom. The minimum atomic E-state index is -0.682. The second-order valence-electron chi connectivity index (χ2n) is 7.70. The molecule has 2 aromatic heterocycles. The molecule has 0 radical (unpaired) electrons. The van der Waals surface area contributed by atoms with Crippen LogP contribution in [0.5, 0.6) is 0 Å². The van der Waals surface area contributed by atoms with E-state index in [-0.39, 0.29) is 30.2 Å². The number of halogens is 1. The number of benzene rings is 1. The maximum absolute atomic E-state index is 14.6. The SMILES string of the molecule is CC(C)c1c(C=O)cnc2ccc(-c3nc(N[C@@H]4CCOC[C@H]4O)ncc3F)cc12. The highest BCUT2D eigenvalue weighted by atomic mass is 19.1. The molecule has 0 saturated carbocycles. The van der Waals surface area contributed by atoms with E-state index < -0.39 is 11.9 Å². The van der Waals surface area contributed by atoms with E-state index in [1.165, 1.54) is 0 Å². The molecular weight excluding hydrogens is 387 g/mol. The molecule has 0 spiro atoms. The first kappa shape index (κ1) is 20.3. The number of rotatable bonds is 5. The van der Waals surface area contributed by atoms with Crippen molar-refractivity contribution in [3.63, 3.8) is 0 Å². The van der Waals surface area contributed by atoms with Crippen LogP contribution < -0.4 is 5.32 Å². The van der Waals surface area contributed by atoms with Gasteiger partial charge in [-0.2, -0.15) is 0 Å². The average molecular weight is 410 g/mol. The van der Waals surface area contributed by atoms with E-state index in [0.717, 1.165) is 28.9 Å². The molecule has 1 aliphatic rings. The summed E-state index contributed by atoms with van der Waals surface area (Å²) < 4.78 is 19.9. The summed E-state index contributed by atoms with van der Waals surface area (Å²) in [5, 5.41) is 13.9. The summed E-state index contributed by atoms with van der Waals surface area (Å²) in [5.41, 5.74) is 2.82. The Morgan fingerprint density at radius 1 is 1.30 bits per heavy atom. The smallest absolute Gasteiger partial charge is 0.223 e. The third kappa shape index (κ3) is 3.88. The van der Waals surface area contributed by atoms with Gasteiger partial charge in [0, 0.05) is 29.3 Å². The molecule has 30 heavy (non-hydrogen) atoms. The number of fused-ring (bicyclic) bond motifs is 1. The van der Waals surface area contributed by atoms with Crippen LogP contribution in [0.4, 0.5) is 10.3 Å². The van der Waals surface area contributed by atoms with Crippen molar-refractivity contribution >= 4 is 23.1 Å². The van der Waals surface area contributed by atoms with Crippen molar-refractivity contribution in [1.29, 1.82) is 0 Å². The molecule has 156 valence electrons. The summed E-state index contributed by atoms with van der Waals surface area (Å²) in [7, 11) is 0. The first-order valence-corrected chi connectivity index (χ1v) is 9.91. The van der Waals surface area contributed by atoms with Crippen molar-refractivity contribution in [2.75, 3.05) is 18.5 Å². The Kier molecular flexibility index (Phi) is 5.69. The topological polar surface area (TPSA) is 97.2 Å². The van der Waals surface area contributed by atoms with E-state index in [1.54, 1.807) is 18.3 Å². The zero-order valence-corrected chi connectivity index (χ0v) is 16.8. The van der Waals surface area contributed by atoms with E-state index in [0.29, 0.717) is 24.2 Å². The maximum atomic E-state index is 14.6. The molecule has 1 saturated heterocycles. The van der Waals surface area contributed by atoms with Crippen LogP contribution in [0, 0.1) is 5.82 Å². The van der Waals surface area contributed by atoms with Gasteiger partial charge in [-0.3, -0.25) is 9.78 Å². The van der Waals surface area contributed by atoms with E-state index >= 15 is 0 Å². The highest BCUT2D eigenvalue weighted by molar-refractivity contribution is 5.93. The van der Waals surface area contributed by atoms with Crippen LogP contribution in [0.2, 0.25) is 0 Å². The predicted molar refractivity (Wildman–Crippen MR) is 111 cm³/mol. The Hall–Kier alpha value is -2.97. The van der Waals surface area contributed by atoms with Gasteiger partial charge in [0.25, 0.3) is 0 Å². The summed E-state index contributed by atoms with van der Waals surface area (Å²) >= 11 is 0. The summed E-state index contributed by atoms with van der Waals surface area (Å²) in [6, 6.07) is 5.09. The number of aromatic nitrogens is 3. The number of nitrogens with zero attached hydrogens (tertiary/aromatic N) is 3. The van der Waals surface area contributed by atoms with Crippen molar-refractivity contribution < 1.29 is 19.0 Å². The lowest BCUT2D eigenvalue weighted by Crippen LogP contribution is -2.42. The molecule has 7 nitrogen and oxygen atoms in total. The first-order chi connectivity index (χ1) is 14.5. The fraction of sp³-hybridized carbons (Fsp3) is 0.364. The van der Waals surface area contributed by atoms with Gasteiger partial charge in [0.1, 0.15) is 5.69 Å². The van der Waals surface area contributed by atoms with Crippen molar-refractivity contribution in [3.8, 4) is 11.3 Å². The van der Waals surface area contributed by atoms with Crippen LogP contribution in [0.3, 0.4) is 0 Å². The van der Waals surface area contributed by atoms with Crippen LogP contribution in [-0.4, -0.2) is 51.7 Å². The minimum Gasteiger partial charge on any atom is -0.389 e. The molecule has 0 bridgehead atoms. The molecule has 1 aliphatic heterocycles. The zero-order valence-electron chi connectivity index (χ0n) is 16.8. The molecule has 8 heteroatoms. The molecule has 3 aromatic rings. The Morgan fingerprint density at radius 3 is 2.87 bits per heavy atom. The lowest BCUT2D eigenvalue weighted by atomic mass is 9.93. The maximum Gasteiger partial charge on any atom is 0.223 e. The highest BCUT2D eigenvalue weighted by Gasteiger charge is 2.24. The quantitative estimate of drug-likeness (QED) is 0.623. The van der Waals surface area contributed by atoms with Crippen LogP contribution in [0.15, 0.2) is 30.6 Å². The van der Waals surface area contributed by atoms with E-state index in [1.807, 2.05) is 19.9 Å². The minimum absolute atomic E-state index is 0.0911. The predicted octanol–water partition coefficient (Wildman–Crippen LogP) is 3.33. The number of carbonyl (C=O) groups is 1. The lowest BCUT2D eigenvalue weighted by molar-refractivity contribution is -0.0136. The van der Waals surface area contributed by atoms with E-state index in [2.05, 4.69) is 20.3 Å². The molecule has 1 fully saturated rings. The van der Waals surface area contributed by atoms with Gasteiger partial charge in [0.15, 0.2) is 12.1 Å². The average Bonchev–Trinajstić information content (AvgIpc) is 2.75. The van der Waals surface area contributed by atoms with Crippen LogP contribution in [0.25, 0.3) is 22.2 Å². The van der Waals surface area contributed by atoms with Crippen molar-refractivity contribution in [1.82, 2.24) is 15.0 Å². The van der Waals surface area contributed by atoms with Gasteiger partial charge >= 0.3 is 0 Å². The van der Waals surface area contributed by atoms with E-state index in [9.17, 15) is 14.3 Å². The molecular formula is C22H23FN4O3. The lowest BCUT2D eigenvalue weighted by Gasteiger charge is -2.28. The fourth-order valence-electron chi connectivity index (χ4n) is 3.81. The van der Waals surface area contributed by atoms with Gasteiger partial charge < -0.3 is 15.2 Å². The van der Waals surface area contributed by atoms with Gasteiger partial charge in [0.05, 0.1) is 30.5 Å². The van der Waals surface area contributed by atoms with Gasteiger partial charge in [0.2, 0.25) is 5.95 Å². The van der Waals surface area contributed by atoms with Crippen molar-refractivity contribution in [3.05, 3.63) is 47.5 Å². The number of anilines is 1. The Balaban J connectivity index is 1.76. The summed E-state index contributed by atoms with van der Waals surface area (Å²) in [5.74, 6) is -0.229. The molecule has 2 N–H and O–H groups in total. The fourth-order valence-corrected chi connectivity index (χ4v) is 3.81. The number of aliphatic hydroxyl groups is 1. The molecule has 1 aromatic carbocycles. The normalized spacial score (nSPS) is 19.2. The third-order valence-corrected chi connectivity index (χ3v) is 5.30. The van der Waals surface area contributed by atoms with Crippen LogP contribution in [0.1, 0.15) is 42.1 Å². The third-order valence-electron chi connectivity index (χ3n) is 5.30. The van der Waals surface area contributed by atoms with Gasteiger partial charge in [-0.05, 0) is 30.0 Å². The summed E-state index contributed by atoms with van der Waals surface area (Å²) in [4.78, 5) is 24.2. The molecule has 0 aliphatic carbocycles. The van der Waals surface area contributed by atoms with Crippen molar-refractivity contribution in [2.45, 2.75) is 38.3 Å². The second-order valence-corrected chi connectivity index (χ2v) is 7.70. The number of hydrogen-bond acceptors (Lipinski definition) is 7. The first-order valence-electron chi connectivity index (χ1n) is 9.91. The monoisotopic (exact) mass is 410 g/mol. The number of aliphatic hydroxyl groups excluding tert-OH is 1. The Bertz CT molecular complexity index is 1090. The zero-order chi connectivity index (χ0) is 21.3. The second kappa shape index (κ2) is 8.41. The number of carbonyl (C=O) groups excluding carboxylic acids is 1. The molecule has 4 rings (SSSR count). The molecule has 2 atom stereocenters. The van der Waals surface area contributed by atoms with Crippen LogP contribution in [-0.2, 0) is 4.74 Å². The van der Waals surface area contributed by atoms with E-state index in [4.69, 9.17) is 4.74 Å². The number of hydrogen-bond donors (Lipinski definition) is 2. The number of ether oxygens (including phenoxy) is 1. The standard InChI is InChI=1S/C22H23FN4O3/c1-12(2)20-14(10-28)8-24-17-4-3-13(7-15(17)20)21-16(23)9-25-22(27-21)26-18-5-6-30-11-19(18)29/h3-4,7-10,12,18-19,29H,5-6,11H2,1-2H3,(H,25,26,27)/t18-,19-/m1/s1. The van der Waals surface area contributed by atoms with Gasteiger partial charge in [-0.1, -0.05) is 19.9 Å². The van der Waals surface area contributed by atoms with Crippen molar-refractivity contribution in [2.24, 2.45) is 0 Å². The number of pyridine rings is 1. The Labute approximate surface area is 173 Å². The summed E-state index contributed by atoms with van der Waals surface area (Å²) in [6.45, 7) is 4.76. The van der Waals surface area contributed by atoms with Crippen LogP contribution >= 0.6 is 0 Å². The number of nitrogens with one attached hydrogen (secondary N) is 1. The highest BCUT2D eigenvalue weighted by Crippen LogP contribution is 2.31. The summed E-state index contributed by atoms with van der Waals surface area (Å²) in [6.07, 6.45) is 3.39. The van der Waals surface area contributed by atoms with Gasteiger partial charge in [-0.25, -0.2) is 14.4 Å². The molecule has 0 unspecified atom stereocenters. The molecule has 0 amide bonds. The molecule has 3 heterocycles.